The number of ether oxygens (including phenoxy) is 2. The van der Waals surface area contributed by atoms with Crippen molar-refractivity contribution in [2.75, 3.05) is 35.6 Å². The van der Waals surface area contributed by atoms with E-state index < -0.39 is 22.0 Å². The molecule has 2 N–H and O–H groups in total. The lowest BCUT2D eigenvalue weighted by Gasteiger charge is -2.21. The largest absolute Gasteiger partial charge is 0.478 e. The Morgan fingerprint density at radius 3 is 2.71 bits per heavy atom. The molecule has 2 amide bonds. The number of benzene rings is 2. The number of sulfonamides is 1. The molecule has 2 aliphatic rings. The fraction of sp³-hybridized carbons (Fsp3) is 0.391. The number of amides is 2. The Bertz CT molecular complexity index is 1180. The van der Waals surface area contributed by atoms with Crippen molar-refractivity contribution < 1.29 is 27.5 Å². The van der Waals surface area contributed by atoms with Crippen LogP contribution in [0.2, 0.25) is 5.02 Å². The van der Waals surface area contributed by atoms with Crippen LogP contribution in [0.1, 0.15) is 29.6 Å². The molecule has 4 rings (SSSR count). The summed E-state index contributed by atoms with van der Waals surface area (Å²) < 4.78 is 37.3. The van der Waals surface area contributed by atoms with Crippen molar-refractivity contribution in [1.29, 1.82) is 0 Å². The minimum Gasteiger partial charge on any atom is -0.478 e. The zero-order chi connectivity index (χ0) is 24.3. The highest BCUT2D eigenvalue weighted by atomic mass is 35.5. The topological polar surface area (TPSA) is 114 Å². The van der Waals surface area contributed by atoms with Gasteiger partial charge >= 0.3 is 0 Å². The molecule has 2 aliphatic heterocycles. The Hall–Kier alpha value is -2.82. The van der Waals surface area contributed by atoms with Crippen LogP contribution in [-0.4, -0.2) is 58.4 Å². The van der Waals surface area contributed by atoms with Gasteiger partial charge in [0, 0.05) is 31.1 Å². The van der Waals surface area contributed by atoms with Crippen LogP contribution in [0.4, 0.5) is 11.4 Å². The molecule has 2 aromatic rings. The Balaban J connectivity index is 1.50. The lowest BCUT2D eigenvalue weighted by atomic mass is 10.1. The van der Waals surface area contributed by atoms with Gasteiger partial charge < -0.3 is 20.1 Å². The van der Waals surface area contributed by atoms with Gasteiger partial charge in [-0.1, -0.05) is 23.7 Å². The van der Waals surface area contributed by atoms with Crippen molar-refractivity contribution in [2.45, 2.75) is 31.5 Å². The maximum atomic E-state index is 13.1. The fourth-order valence-corrected chi connectivity index (χ4v) is 5.10. The Labute approximate surface area is 203 Å². The van der Waals surface area contributed by atoms with Crippen molar-refractivity contribution in [1.82, 2.24) is 5.32 Å². The van der Waals surface area contributed by atoms with Crippen LogP contribution in [0, 0.1) is 0 Å². The average Bonchev–Trinajstić information content (AvgIpc) is 3.23. The molecule has 182 valence electrons. The second-order valence-electron chi connectivity index (χ2n) is 8.22. The predicted octanol–water partition coefficient (Wildman–Crippen LogP) is 2.80. The van der Waals surface area contributed by atoms with Gasteiger partial charge in [-0.15, -0.1) is 0 Å². The smallest absolute Gasteiger partial charge is 0.265 e. The summed E-state index contributed by atoms with van der Waals surface area (Å²) in [7, 11) is -3.62. The first kappa shape index (κ1) is 24.3. The van der Waals surface area contributed by atoms with Gasteiger partial charge in [-0.05, 0) is 43.2 Å². The molecule has 1 fully saturated rings. The maximum absolute atomic E-state index is 13.1. The van der Waals surface area contributed by atoms with E-state index in [1.54, 1.807) is 30.3 Å². The van der Waals surface area contributed by atoms with Crippen molar-refractivity contribution in [3.05, 3.63) is 53.1 Å². The van der Waals surface area contributed by atoms with Gasteiger partial charge in [-0.25, -0.2) is 8.42 Å². The number of carbonyl (C=O) groups is 2. The van der Waals surface area contributed by atoms with Crippen LogP contribution < -0.4 is 19.7 Å². The summed E-state index contributed by atoms with van der Waals surface area (Å²) in [6, 6.07) is 11.3. The maximum Gasteiger partial charge on any atom is 0.265 e. The number of hydrogen-bond acceptors (Lipinski definition) is 6. The molecule has 2 unspecified atom stereocenters. The molecule has 0 aliphatic carbocycles. The van der Waals surface area contributed by atoms with Crippen LogP contribution in [0.5, 0.6) is 5.75 Å². The van der Waals surface area contributed by atoms with E-state index in [9.17, 15) is 18.0 Å². The zero-order valence-corrected chi connectivity index (χ0v) is 20.2. The summed E-state index contributed by atoms with van der Waals surface area (Å²) in [5.74, 6) is -0.581. The molecule has 2 atom stereocenters. The molecule has 1 saturated heterocycles. The molecule has 2 heterocycles. The predicted molar refractivity (Wildman–Crippen MR) is 129 cm³/mol. The molecule has 0 radical (unpaired) electrons. The van der Waals surface area contributed by atoms with Crippen molar-refractivity contribution in [2.24, 2.45) is 0 Å². The Kier molecular flexibility index (Phi) is 7.30. The molecule has 0 spiro atoms. The highest BCUT2D eigenvalue weighted by molar-refractivity contribution is 7.92. The summed E-state index contributed by atoms with van der Waals surface area (Å²) in [4.78, 5) is 25.9. The molecular weight excluding hydrogens is 482 g/mol. The molecule has 11 heteroatoms. The number of nitrogens with one attached hydrogen (secondary N) is 2. The summed E-state index contributed by atoms with van der Waals surface area (Å²) in [6.45, 7) is 1.13. The van der Waals surface area contributed by atoms with Gasteiger partial charge in [0.05, 0.1) is 29.3 Å². The van der Waals surface area contributed by atoms with E-state index in [0.717, 1.165) is 19.1 Å². The first-order chi connectivity index (χ1) is 16.2. The van der Waals surface area contributed by atoms with Crippen molar-refractivity contribution in [3.8, 4) is 5.75 Å². The average molecular weight is 508 g/mol. The van der Waals surface area contributed by atoms with E-state index in [-0.39, 0.29) is 36.4 Å². The van der Waals surface area contributed by atoms with Crippen LogP contribution in [0.15, 0.2) is 42.5 Å². The quantitative estimate of drug-likeness (QED) is 0.621. The number of para-hydroxylation sites is 1. The van der Waals surface area contributed by atoms with Gasteiger partial charge in [0.25, 0.3) is 11.8 Å². The third-order valence-electron chi connectivity index (χ3n) is 5.69. The third-order valence-corrected chi connectivity index (χ3v) is 7.10. The van der Waals surface area contributed by atoms with Crippen LogP contribution in [-0.2, 0) is 19.6 Å². The van der Waals surface area contributed by atoms with Gasteiger partial charge in [0.2, 0.25) is 10.0 Å². The van der Waals surface area contributed by atoms with E-state index in [0.29, 0.717) is 29.4 Å². The summed E-state index contributed by atoms with van der Waals surface area (Å²) in [5, 5.41) is 5.96. The van der Waals surface area contributed by atoms with Crippen LogP contribution >= 0.6 is 11.6 Å². The molecule has 9 nitrogen and oxygen atoms in total. The summed E-state index contributed by atoms with van der Waals surface area (Å²) in [6.07, 6.45) is 2.09. The van der Waals surface area contributed by atoms with Crippen LogP contribution in [0.3, 0.4) is 0 Å². The Morgan fingerprint density at radius 2 is 1.97 bits per heavy atom. The lowest BCUT2D eigenvalue weighted by molar-refractivity contribution is -0.122. The van der Waals surface area contributed by atoms with E-state index in [1.807, 2.05) is 0 Å². The van der Waals surface area contributed by atoms with Crippen LogP contribution in [0.25, 0.3) is 0 Å². The first-order valence-corrected chi connectivity index (χ1v) is 13.2. The highest BCUT2D eigenvalue weighted by Crippen LogP contribution is 2.36. The molecule has 2 aromatic carbocycles. The standard InChI is InChI=1S/C23H26ClN3O6S/c1-34(30,31)27-11-10-21(33-20-9-8-15(24)13-19(20)27)23(29)26-18-7-3-2-6-17(18)22(28)25-14-16-5-4-12-32-16/h2-3,6-9,13,16,21H,4-5,10-12,14H2,1H3,(H,25,28)(H,26,29). The molecule has 34 heavy (non-hydrogen) atoms. The number of anilines is 2. The van der Waals surface area contributed by atoms with Crippen molar-refractivity contribution >= 4 is 44.8 Å². The van der Waals surface area contributed by atoms with Gasteiger partial charge in [0.15, 0.2) is 6.10 Å². The number of halogens is 1. The minimum atomic E-state index is -3.62. The summed E-state index contributed by atoms with van der Waals surface area (Å²) in [5.41, 5.74) is 0.924. The number of nitrogens with zero attached hydrogens (tertiary/aromatic N) is 1. The van der Waals surface area contributed by atoms with Gasteiger partial charge in [-0.2, -0.15) is 0 Å². The van der Waals surface area contributed by atoms with Gasteiger partial charge in [0.1, 0.15) is 5.75 Å². The molecule has 0 bridgehead atoms. The van der Waals surface area contributed by atoms with E-state index in [1.165, 1.54) is 16.4 Å². The normalized spacial score (nSPS) is 20.1. The first-order valence-electron chi connectivity index (χ1n) is 11.0. The van der Waals surface area contributed by atoms with Crippen molar-refractivity contribution in [3.63, 3.8) is 0 Å². The molecular formula is C23H26ClN3O6S. The number of rotatable bonds is 6. The second kappa shape index (κ2) is 10.2. The number of carbonyl (C=O) groups excluding carboxylic acids is 2. The molecule has 0 saturated carbocycles. The molecule has 0 aromatic heterocycles. The summed E-state index contributed by atoms with van der Waals surface area (Å²) >= 11 is 6.06. The minimum absolute atomic E-state index is 0.00328. The number of hydrogen-bond donors (Lipinski definition) is 2. The lowest BCUT2D eigenvalue weighted by Crippen LogP contribution is -2.37. The monoisotopic (exact) mass is 507 g/mol. The highest BCUT2D eigenvalue weighted by Gasteiger charge is 2.32. The van der Waals surface area contributed by atoms with Gasteiger partial charge in [-0.3, -0.25) is 13.9 Å². The SMILES string of the molecule is CS(=O)(=O)N1CCC(C(=O)Nc2ccccc2C(=O)NCC2CCCO2)Oc2ccc(Cl)cc21. The van der Waals surface area contributed by atoms with E-state index in [4.69, 9.17) is 21.1 Å². The fourth-order valence-electron chi connectivity index (χ4n) is 3.99. The van der Waals surface area contributed by atoms with E-state index in [2.05, 4.69) is 10.6 Å². The zero-order valence-electron chi connectivity index (χ0n) is 18.6. The second-order valence-corrected chi connectivity index (χ2v) is 10.6. The number of fused-ring (bicyclic) bond motifs is 1. The Morgan fingerprint density at radius 1 is 1.18 bits per heavy atom. The third kappa shape index (κ3) is 5.63. The van der Waals surface area contributed by atoms with E-state index >= 15 is 0 Å².